The van der Waals surface area contributed by atoms with Crippen LogP contribution in [0.25, 0.3) is 6.08 Å². The summed E-state index contributed by atoms with van der Waals surface area (Å²) >= 11 is 0. The molecule has 0 bridgehead atoms. The number of benzene rings is 1. The first-order chi connectivity index (χ1) is 8.72. The average molecular weight is 240 g/mol. The molecule has 0 radical (unpaired) electrons. The van der Waals surface area contributed by atoms with Gasteiger partial charge in [-0.05, 0) is 18.9 Å². The van der Waals surface area contributed by atoms with Gasteiger partial charge in [0, 0.05) is 5.92 Å². The van der Waals surface area contributed by atoms with Crippen LogP contribution in [0.2, 0.25) is 0 Å². The van der Waals surface area contributed by atoms with Crippen molar-refractivity contribution in [1.29, 1.82) is 0 Å². The number of hydrogen-bond acceptors (Lipinski definition) is 2. The number of rotatable bonds is 2. The van der Waals surface area contributed by atoms with Crippen molar-refractivity contribution < 1.29 is 9.53 Å². The van der Waals surface area contributed by atoms with E-state index in [9.17, 15) is 4.79 Å². The van der Waals surface area contributed by atoms with E-state index in [-0.39, 0.29) is 11.4 Å². The third kappa shape index (κ3) is 1.78. The summed E-state index contributed by atoms with van der Waals surface area (Å²) in [7, 11) is 0. The van der Waals surface area contributed by atoms with Crippen molar-refractivity contribution in [3.8, 4) is 0 Å². The Bertz CT molecular complexity index is 527. The molecule has 1 aliphatic carbocycles. The summed E-state index contributed by atoms with van der Waals surface area (Å²) in [6, 6.07) is 10.2. The maximum absolute atomic E-state index is 11.8. The summed E-state index contributed by atoms with van der Waals surface area (Å²) in [5.74, 6) is 0.248. The molecule has 18 heavy (non-hydrogen) atoms. The van der Waals surface area contributed by atoms with E-state index < -0.39 is 0 Å². The van der Waals surface area contributed by atoms with Crippen LogP contribution in [0.1, 0.15) is 18.9 Å². The second-order valence-corrected chi connectivity index (χ2v) is 5.10. The van der Waals surface area contributed by atoms with Gasteiger partial charge in [0.2, 0.25) is 0 Å². The lowest BCUT2D eigenvalue weighted by Gasteiger charge is -2.16. The zero-order valence-electron chi connectivity index (χ0n) is 10.4. The maximum Gasteiger partial charge on any atom is 0.316 e. The van der Waals surface area contributed by atoms with Crippen LogP contribution >= 0.6 is 0 Å². The topological polar surface area (TPSA) is 26.3 Å². The van der Waals surface area contributed by atoms with Crippen LogP contribution in [0, 0.1) is 11.3 Å². The van der Waals surface area contributed by atoms with Crippen molar-refractivity contribution in [2.24, 2.45) is 11.3 Å². The van der Waals surface area contributed by atoms with Crippen molar-refractivity contribution >= 4 is 12.0 Å². The first-order valence-electron chi connectivity index (χ1n) is 6.30. The molecule has 2 aliphatic rings. The Labute approximate surface area is 107 Å². The molecule has 0 saturated heterocycles. The van der Waals surface area contributed by atoms with Gasteiger partial charge in [-0.1, -0.05) is 54.1 Å². The Morgan fingerprint density at radius 2 is 2.17 bits per heavy atom. The molecule has 92 valence electrons. The van der Waals surface area contributed by atoms with Gasteiger partial charge >= 0.3 is 5.97 Å². The molecule has 0 N–H and O–H groups in total. The molecule has 2 nitrogen and oxygen atoms in total. The molecule has 2 atom stereocenters. The standard InChI is InChI=1S/C16H16O2/c1-12(10-13-6-3-2-4-7-13)14-11-16(14)8-5-9-18-15(16)17/h2-8,10,14H,9,11H2,1H3/b12-10+/t14-,16+/m0/s1. The zero-order valence-corrected chi connectivity index (χ0v) is 10.4. The first-order valence-corrected chi connectivity index (χ1v) is 6.30. The maximum atomic E-state index is 11.8. The number of hydrogen-bond donors (Lipinski definition) is 0. The Morgan fingerprint density at radius 3 is 2.89 bits per heavy atom. The molecule has 1 spiro atoms. The molecule has 1 aromatic rings. The monoisotopic (exact) mass is 240 g/mol. The molecule has 1 fully saturated rings. The predicted molar refractivity (Wildman–Crippen MR) is 70.7 cm³/mol. The van der Waals surface area contributed by atoms with E-state index in [0.29, 0.717) is 12.5 Å². The summed E-state index contributed by atoms with van der Waals surface area (Å²) in [5.41, 5.74) is 2.09. The number of carbonyl (C=O) groups is 1. The van der Waals surface area contributed by atoms with Crippen LogP contribution in [-0.4, -0.2) is 12.6 Å². The van der Waals surface area contributed by atoms with E-state index in [2.05, 4.69) is 25.1 Å². The summed E-state index contributed by atoms with van der Waals surface area (Å²) in [4.78, 5) is 11.8. The Balaban J connectivity index is 1.82. The van der Waals surface area contributed by atoms with Crippen LogP contribution in [0.3, 0.4) is 0 Å². The van der Waals surface area contributed by atoms with Gasteiger partial charge in [0.15, 0.2) is 0 Å². The van der Waals surface area contributed by atoms with Crippen molar-refractivity contribution in [1.82, 2.24) is 0 Å². The Kier molecular flexibility index (Phi) is 2.58. The molecule has 2 heteroatoms. The second-order valence-electron chi connectivity index (χ2n) is 5.10. The number of ether oxygens (including phenoxy) is 1. The van der Waals surface area contributed by atoms with Crippen molar-refractivity contribution in [2.75, 3.05) is 6.61 Å². The summed E-state index contributed by atoms with van der Waals surface area (Å²) < 4.78 is 5.13. The van der Waals surface area contributed by atoms with Gasteiger partial charge in [0.05, 0.1) is 5.41 Å². The normalized spacial score (nSPS) is 30.4. The van der Waals surface area contributed by atoms with E-state index >= 15 is 0 Å². The highest BCUT2D eigenvalue weighted by Gasteiger charge is 2.60. The summed E-state index contributed by atoms with van der Waals surface area (Å²) in [6.45, 7) is 2.52. The molecule has 1 aliphatic heterocycles. The Morgan fingerprint density at radius 1 is 1.39 bits per heavy atom. The minimum atomic E-state index is -0.354. The lowest BCUT2D eigenvalue weighted by molar-refractivity contribution is -0.148. The SMILES string of the molecule is C/C(=C\c1ccccc1)[C@@H]1C[C@]12C=CCOC2=O. The molecular weight excluding hydrogens is 224 g/mol. The van der Waals surface area contributed by atoms with Crippen LogP contribution in [-0.2, 0) is 9.53 Å². The molecule has 0 amide bonds. The van der Waals surface area contributed by atoms with Crippen LogP contribution in [0.15, 0.2) is 48.1 Å². The van der Waals surface area contributed by atoms with Gasteiger partial charge in [0.1, 0.15) is 6.61 Å². The third-order valence-corrected chi connectivity index (χ3v) is 3.85. The summed E-state index contributed by atoms with van der Waals surface area (Å²) in [6.07, 6.45) is 7.04. The highest BCUT2D eigenvalue weighted by atomic mass is 16.5. The van der Waals surface area contributed by atoms with Crippen molar-refractivity contribution in [3.63, 3.8) is 0 Å². The van der Waals surface area contributed by atoms with Crippen LogP contribution in [0.4, 0.5) is 0 Å². The average Bonchev–Trinajstić information content (AvgIpc) is 3.10. The second kappa shape index (κ2) is 4.13. The number of allylic oxidation sites excluding steroid dienone is 1. The molecule has 1 saturated carbocycles. The lowest BCUT2D eigenvalue weighted by atomic mass is 9.97. The highest BCUT2D eigenvalue weighted by molar-refractivity contribution is 5.85. The fourth-order valence-electron chi connectivity index (χ4n) is 2.75. The van der Waals surface area contributed by atoms with E-state index in [1.54, 1.807) is 0 Å². The van der Waals surface area contributed by atoms with Gasteiger partial charge in [-0.15, -0.1) is 0 Å². The minimum Gasteiger partial charge on any atom is -0.461 e. The number of carbonyl (C=O) groups excluding carboxylic acids is 1. The minimum absolute atomic E-state index is 0.0594. The van der Waals surface area contributed by atoms with Crippen molar-refractivity contribution in [2.45, 2.75) is 13.3 Å². The quantitative estimate of drug-likeness (QED) is 0.586. The van der Waals surface area contributed by atoms with Gasteiger partial charge in [0.25, 0.3) is 0 Å². The fourth-order valence-corrected chi connectivity index (χ4v) is 2.75. The van der Waals surface area contributed by atoms with E-state index in [0.717, 1.165) is 6.42 Å². The fraction of sp³-hybridized carbons (Fsp3) is 0.312. The molecule has 0 aromatic heterocycles. The van der Waals surface area contributed by atoms with E-state index in [1.165, 1.54) is 11.1 Å². The van der Waals surface area contributed by atoms with Gasteiger partial charge in [-0.3, -0.25) is 4.79 Å². The smallest absolute Gasteiger partial charge is 0.316 e. The molecule has 1 heterocycles. The predicted octanol–water partition coefficient (Wildman–Crippen LogP) is 3.21. The molecule has 1 aromatic carbocycles. The first kappa shape index (κ1) is 11.3. The highest BCUT2D eigenvalue weighted by Crippen LogP contribution is 2.59. The molecular formula is C16H16O2. The molecule has 0 unspecified atom stereocenters. The van der Waals surface area contributed by atoms with Crippen LogP contribution < -0.4 is 0 Å². The van der Waals surface area contributed by atoms with E-state index in [4.69, 9.17) is 4.74 Å². The van der Waals surface area contributed by atoms with E-state index in [1.807, 2.05) is 30.4 Å². The molecule has 3 rings (SSSR count). The number of esters is 1. The van der Waals surface area contributed by atoms with Gasteiger partial charge < -0.3 is 4.74 Å². The van der Waals surface area contributed by atoms with Crippen molar-refractivity contribution in [3.05, 3.63) is 53.6 Å². The number of cyclic esters (lactones) is 1. The third-order valence-electron chi connectivity index (χ3n) is 3.85. The Hall–Kier alpha value is -1.83. The lowest BCUT2D eigenvalue weighted by Crippen LogP contribution is -2.23. The summed E-state index contributed by atoms with van der Waals surface area (Å²) in [5, 5.41) is 0. The van der Waals surface area contributed by atoms with Gasteiger partial charge in [-0.25, -0.2) is 0 Å². The van der Waals surface area contributed by atoms with Crippen LogP contribution in [0.5, 0.6) is 0 Å². The zero-order chi connectivity index (χ0) is 12.6. The largest absolute Gasteiger partial charge is 0.461 e. The van der Waals surface area contributed by atoms with Gasteiger partial charge in [-0.2, -0.15) is 0 Å².